The molecule has 0 unspecified atom stereocenters. The first-order valence-corrected chi connectivity index (χ1v) is 22.1. The average molecular weight is 837 g/mol. The molecule has 2 aliphatic heterocycles. The van der Waals surface area contributed by atoms with Crippen LogP contribution in [0.4, 0.5) is 0 Å². The average Bonchev–Trinajstić information content (AvgIpc) is 4.15. The van der Waals surface area contributed by atoms with Gasteiger partial charge in [-0.25, -0.2) is 9.97 Å². The minimum Gasteiger partial charge on any atom is -0.484 e. The predicted octanol–water partition coefficient (Wildman–Crippen LogP) is 9.64. The van der Waals surface area contributed by atoms with Crippen molar-refractivity contribution < 1.29 is 19.1 Å². The lowest BCUT2D eigenvalue weighted by molar-refractivity contribution is -0.138. The number of benzene rings is 4. The van der Waals surface area contributed by atoms with Gasteiger partial charge in [-0.15, -0.1) is 22.7 Å². The van der Waals surface area contributed by atoms with E-state index in [9.17, 15) is 9.59 Å². The van der Waals surface area contributed by atoms with Gasteiger partial charge in [0.15, 0.2) is 13.2 Å². The topological polar surface area (TPSA) is 142 Å². The number of amides is 2. The second-order valence-corrected chi connectivity index (χ2v) is 16.5. The molecular weight excluding hydrogens is 793 g/mol. The Balaban J connectivity index is 0.000000154. The number of H-pyrrole nitrogens is 2. The Bertz CT molecular complexity index is 2490. The highest BCUT2D eigenvalue weighted by Gasteiger charge is 2.32. The first-order chi connectivity index (χ1) is 29.6. The smallest absolute Gasteiger partial charge is 0.261 e. The van der Waals surface area contributed by atoms with Crippen LogP contribution in [0, 0.1) is 0 Å². The van der Waals surface area contributed by atoms with Crippen LogP contribution in [-0.4, -0.2) is 78.3 Å². The number of piperidine rings is 2. The van der Waals surface area contributed by atoms with E-state index in [-0.39, 0.29) is 37.1 Å². The summed E-state index contributed by atoms with van der Waals surface area (Å²) >= 11 is 3.15. The molecule has 12 nitrogen and oxygen atoms in total. The summed E-state index contributed by atoms with van der Waals surface area (Å²) in [4.78, 5) is 39.5. The minimum atomic E-state index is -0.0131. The van der Waals surface area contributed by atoms with Crippen LogP contribution in [0.25, 0.3) is 43.2 Å². The van der Waals surface area contributed by atoms with E-state index in [0.717, 1.165) is 106 Å². The number of nitrogens with zero attached hydrogens (tertiary/aromatic N) is 6. The second kappa shape index (κ2) is 18.3. The molecule has 4 aromatic carbocycles. The molecule has 10 rings (SSSR count). The van der Waals surface area contributed by atoms with E-state index in [1.807, 2.05) is 119 Å². The van der Waals surface area contributed by atoms with Crippen molar-refractivity contribution in [3.8, 4) is 32.9 Å². The first-order valence-electron chi connectivity index (χ1n) is 20.3. The SMILES string of the molecule is O=C(COc1ccccc1)N1CCCC[C@@H]1c1csc(-c2n[nH]c3ccccc23)n1.O=C(COc1ccccc1)N1CCCC[C@@H]1c1csc(-c2n[nH]c3ccccc23)n1. The van der Waals surface area contributed by atoms with E-state index in [1.54, 1.807) is 22.7 Å². The van der Waals surface area contributed by atoms with Crippen LogP contribution in [0.3, 0.4) is 0 Å². The minimum absolute atomic E-state index is 0.00308. The van der Waals surface area contributed by atoms with Gasteiger partial charge in [0.05, 0.1) is 34.5 Å². The lowest BCUT2D eigenvalue weighted by Gasteiger charge is -2.34. The molecule has 0 radical (unpaired) electrons. The molecule has 2 amide bonds. The quantitative estimate of drug-likeness (QED) is 0.139. The first kappa shape index (κ1) is 39.1. The van der Waals surface area contributed by atoms with Crippen molar-refractivity contribution in [1.29, 1.82) is 0 Å². The van der Waals surface area contributed by atoms with E-state index in [1.165, 1.54) is 0 Å². The van der Waals surface area contributed by atoms with Gasteiger partial charge in [0.25, 0.3) is 11.8 Å². The molecule has 2 saturated heterocycles. The molecule has 0 saturated carbocycles. The molecule has 0 bridgehead atoms. The molecule has 4 aromatic heterocycles. The molecule has 2 atom stereocenters. The predicted molar refractivity (Wildman–Crippen MR) is 235 cm³/mol. The fourth-order valence-electron chi connectivity index (χ4n) is 7.91. The van der Waals surface area contributed by atoms with E-state index in [2.05, 4.69) is 31.2 Å². The van der Waals surface area contributed by atoms with Crippen molar-refractivity contribution >= 4 is 56.3 Å². The van der Waals surface area contributed by atoms with E-state index in [0.29, 0.717) is 11.5 Å². The number of thiazole rings is 2. The maximum atomic E-state index is 12.9. The highest BCUT2D eigenvalue weighted by Crippen LogP contribution is 2.37. The van der Waals surface area contributed by atoms with E-state index < -0.39 is 0 Å². The Morgan fingerprint density at radius 2 is 0.983 bits per heavy atom. The maximum Gasteiger partial charge on any atom is 0.261 e. The molecule has 60 heavy (non-hydrogen) atoms. The van der Waals surface area contributed by atoms with Crippen LogP contribution in [0.2, 0.25) is 0 Å². The maximum absolute atomic E-state index is 12.9. The van der Waals surface area contributed by atoms with Gasteiger partial charge in [0, 0.05) is 34.6 Å². The highest BCUT2D eigenvalue weighted by molar-refractivity contribution is 7.13. The second-order valence-electron chi connectivity index (χ2n) is 14.8. The molecule has 8 aromatic rings. The number of carbonyl (C=O) groups excluding carboxylic acids is 2. The number of rotatable bonds is 10. The van der Waals surface area contributed by atoms with Gasteiger partial charge in [-0.05, 0) is 74.9 Å². The number of aromatic nitrogens is 6. The van der Waals surface area contributed by atoms with Crippen molar-refractivity contribution in [2.45, 2.75) is 50.6 Å². The number of likely N-dealkylation sites (tertiary alicyclic amines) is 2. The van der Waals surface area contributed by atoms with Gasteiger partial charge in [-0.2, -0.15) is 10.2 Å². The normalized spacial score (nSPS) is 16.7. The standard InChI is InChI=1S/2C23H22N4O2S/c2*28-21(14-29-16-8-2-1-3-9-16)27-13-7-6-12-20(27)19-15-30-23(24-19)22-17-10-4-5-11-18(17)25-26-22/h2*1-5,8-11,15,20H,6-7,12-14H2,(H,25,26)/t2*20-/m11/s1. The van der Waals surface area contributed by atoms with Crippen LogP contribution in [-0.2, 0) is 9.59 Å². The summed E-state index contributed by atoms with van der Waals surface area (Å²) in [5, 5.41) is 23.1. The number of para-hydroxylation sites is 4. The fraction of sp³-hybridized carbons (Fsp3) is 0.261. The summed E-state index contributed by atoms with van der Waals surface area (Å²) in [6.45, 7) is 1.56. The van der Waals surface area contributed by atoms with Gasteiger partial charge in [0.1, 0.15) is 32.9 Å². The highest BCUT2D eigenvalue weighted by atomic mass is 32.1. The number of hydrogen-bond donors (Lipinski definition) is 2. The van der Waals surface area contributed by atoms with Crippen molar-refractivity contribution in [3.63, 3.8) is 0 Å². The lowest BCUT2D eigenvalue weighted by atomic mass is 10.00. The summed E-state index contributed by atoms with van der Waals surface area (Å²) in [6, 6.07) is 35.0. The number of ether oxygens (including phenoxy) is 2. The lowest BCUT2D eigenvalue weighted by Crippen LogP contribution is -2.41. The van der Waals surface area contributed by atoms with Gasteiger partial charge >= 0.3 is 0 Å². The van der Waals surface area contributed by atoms with Crippen LogP contribution in [0.1, 0.15) is 62.0 Å². The number of aromatic amines is 2. The Hall–Kier alpha value is -6.38. The number of carbonyl (C=O) groups is 2. The monoisotopic (exact) mass is 836 g/mol. The fourth-order valence-corrected chi connectivity index (χ4v) is 9.65. The summed E-state index contributed by atoms with van der Waals surface area (Å²) in [7, 11) is 0. The van der Waals surface area contributed by atoms with Gasteiger partial charge in [0.2, 0.25) is 0 Å². The van der Waals surface area contributed by atoms with Crippen molar-refractivity contribution in [1.82, 2.24) is 40.2 Å². The largest absolute Gasteiger partial charge is 0.484 e. The third-order valence-corrected chi connectivity index (χ3v) is 12.7. The summed E-state index contributed by atoms with van der Waals surface area (Å²) in [6.07, 6.45) is 6.03. The van der Waals surface area contributed by atoms with E-state index >= 15 is 0 Å². The zero-order chi connectivity index (χ0) is 40.7. The Labute approximate surface area is 355 Å². The zero-order valence-electron chi connectivity index (χ0n) is 32.9. The molecule has 304 valence electrons. The summed E-state index contributed by atoms with van der Waals surface area (Å²) in [5.74, 6) is 1.42. The zero-order valence-corrected chi connectivity index (χ0v) is 34.5. The van der Waals surface area contributed by atoms with E-state index in [4.69, 9.17) is 19.4 Å². The van der Waals surface area contributed by atoms with Crippen molar-refractivity contribution in [3.05, 3.63) is 131 Å². The van der Waals surface area contributed by atoms with Crippen molar-refractivity contribution in [2.24, 2.45) is 0 Å². The van der Waals surface area contributed by atoms with Crippen LogP contribution in [0.15, 0.2) is 120 Å². The summed E-state index contributed by atoms with van der Waals surface area (Å²) in [5.41, 5.74) is 5.60. The summed E-state index contributed by atoms with van der Waals surface area (Å²) < 4.78 is 11.4. The van der Waals surface area contributed by atoms with Gasteiger partial charge in [-0.3, -0.25) is 19.8 Å². The molecule has 6 heterocycles. The molecule has 2 fully saturated rings. The number of fused-ring (bicyclic) bond motifs is 2. The van der Waals surface area contributed by atoms with Crippen LogP contribution >= 0.6 is 22.7 Å². The van der Waals surface area contributed by atoms with Crippen LogP contribution < -0.4 is 9.47 Å². The third-order valence-electron chi connectivity index (χ3n) is 10.9. The van der Waals surface area contributed by atoms with Gasteiger partial charge < -0.3 is 19.3 Å². The van der Waals surface area contributed by atoms with Crippen molar-refractivity contribution in [2.75, 3.05) is 26.3 Å². The number of hydrogen-bond acceptors (Lipinski definition) is 10. The molecular formula is C46H44N8O4S2. The molecule has 0 spiro atoms. The Morgan fingerprint density at radius 1 is 0.567 bits per heavy atom. The molecule has 14 heteroatoms. The Morgan fingerprint density at radius 3 is 1.43 bits per heavy atom. The van der Waals surface area contributed by atoms with Crippen LogP contribution in [0.5, 0.6) is 11.5 Å². The molecule has 2 N–H and O–H groups in total. The third kappa shape index (κ3) is 8.66. The Kier molecular flexibility index (Phi) is 11.9. The van der Waals surface area contributed by atoms with Gasteiger partial charge in [-0.1, -0.05) is 72.8 Å². The number of nitrogens with one attached hydrogen (secondary N) is 2. The molecule has 0 aliphatic carbocycles. The molecule has 2 aliphatic rings.